The molecule has 0 saturated heterocycles. The van der Waals surface area contributed by atoms with Gasteiger partial charge < -0.3 is 19.5 Å². The molecule has 4 nitrogen and oxygen atoms in total. The van der Waals surface area contributed by atoms with Crippen molar-refractivity contribution in [1.82, 2.24) is 5.32 Å². The summed E-state index contributed by atoms with van der Waals surface area (Å²) in [6.45, 7) is 3.67. The molecule has 0 aromatic rings. The first-order valence-corrected chi connectivity index (χ1v) is 6.68. The Morgan fingerprint density at radius 1 is 1.12 bits per heavy atom. The van der Waals surface area contributed by atoms with Crippen LogP contribution in [-0.2, 0) is 14.2 Å². The molecule has 0 aliphatic heterocycles. The van der Waals surface area contributed by atoms with Gasteiger partial charge in [-0.2, -0.15) is 0 Å². The van der Waals surface area contributed by atoms with Gasteiger partial charge in [0.15, 0.2) is 6.29 Å². The number of rotatable bonds is 8. The lowest BCUT2D eigenvalue weighted by atomic mass is 9.98. The molecule has 1 aliphatic carbocycles. The maximum Gasteiger partial charge on any atom is 0.171 e. The van der Waals surface area contributed by atoms with Crippen molar-refractivity contribution in [3.8, 4) is 0 Å². The largest absolute Gasteiger partial charge is 0.377 e. The number of nitrogens with one attached hydrogen (secondary N) is 1. The molecule has 1 aliphatic rings. The zero-order valence-electron chi connectivity index (χ0n) is 11.4. The van der Waals surface area contributed by atoms with Gasteiger partial charge in [-0.05, 0) is 19.8 Å². The Hall–Kier alpha value is -0.160. The highest BCUT2D eigenvalue weighted by molar-refractivity contribution is 4.67. The molecule has 0 heterocycles. The fraction of sp³-hybridized carbons (Fsp3) is 1.00. The third-order valence-electron chi connectivity index (χ3n) is 3.35. The Kier molecular flexibility index (Phi) is 7.77. The average Bonchev–Trinajstić information content (AvgIpc) is 2.37. The Morgan fingerprint density at radius 2 is 1.76 bits per heavy atom. The van der Waals surface area contributed by atoms with Crippen molar-refractivity contribution >= 4 is 0 Å². The zero-order chi connectivity index (χ0) is 12.5. The van der Waals surface area contributed by atoms with E-state index in [9.17, 15) is 0 Å². The van der Waals surface area contributed by atoms with Gasteiger partial charge in [-0.25, -0.2) is 0 Å². The van der Waals surface area contributed by atoms with Crippen LogP contribution >= 0.6 is 0 Å². The van der Waals surface area contributed by atoms with Crippen LogP contribution in [-0.4, -0.2) is 45.8 Å². The predicted octanol–water partition coefficient (Wildman–Crippen LogP) is 1.93. The van der Waals surface area contributed by atoms with Gasteiger partial charge in [0.1, 0.15) is 0 Å². The predicted molar refractivity (Wildman–Crippen MR) is 68.1 cm³/mol. The minimum Gasteiger partial charge on any atom is -0.377 e. The highest BCUT2D eigenvalue weighted by atomic mass is 16.7. The van der Waals surface area contributed by atoms with Crippen LogP contribution in [0, 0.1) is 0 Å². The molecule has 1 rings (SSSR count). The van der Waals surface area contributed by atoms with E-state index in [2.05, 4.69) is 12.2 Å². The van der Waals surface area contributed by atoms with Crippen molar-refractivity contribution in [1.29, 1.82) is 0 Å². The lowest BCUT2D eigenvalue weighted by Gasteiger charge is -2.24. The first kappa shape index (κ1) is 14.9. The molecule has 0 amide bonds. The van der Waals surface area contributed by atoms with E-state index in [0.717, 1.165) is 13.2 Å². The third-order valence-corrected chi connectivity index (χ3v) is 3.35. The fourth-order valence-electron chi connectivity index (χ4n) is 2.34. The SMILES string of the molecule is COC(OC)C(C)NCCOC1CCCCC1. The summed E-state index contributed by atoms with van der Waals surface area (Å²) in [4.78, 5) is 0. The van der Waals surface area contributed by atoms with E-state index in [1.54, 1.807) is 14.2 Å². The van der Waals surface area contributed by atoms with E-state index < -0.39 is 0 Å². The Bertz CT molecular complexity index is 180. The minimum atomic E-state index is -0.190. The molecule has 0 spiro atoms. The molecule has 0 radical (unpaired) electrons. The highest BCUT2D eigenvalue weighted by Gasteiger charge is 2.16. The molecular weight excluding hydrogens is 218 g/mol. The van der Waals surface area contributed by atoms with Crippen molar-refractivity contribution in [2.24, 2.45) is 0 Å². The topological polar surface area (TPSA) is 39.7 Å². The summed E-state index contributed by atoms with van der Waals surface area (Å²) in [6.07, 6.45) is 6.78. The van der Waals surface area contributed by atoms with E-state index in [1.165, 1.54) is 32.1 Å². The second kappa shape index (κ2) is 8.86. The van der Waals surface area contributed by atoms with Gasteiger partial charge >= 0.3 is 0 Å². The summed E-state index contributed by atoms with van der Waals surface area (Å²) in [5.74, 6) is 0. The Balaban J connectivity index is 2.02. The van der Waals surface area contributed by atoms with Crippen LogP contribution in [0.15, 0.2) is 0 Å². The smallest absolute Gasteiger partial charge is 0.171 e. The van der Waals surface area contributed by atoms with Gasteiger partial charge in [-0.15, -0.1) is 0 Å². The van der Waals surface area contributed by atoms with Crippen molar-refractivity contribution in [2.75, 3.05) is 27.4 Å². The minimum absolute atomic E-state index is 0.181. The van der Waals surface area contributed by atoms with Crippen LogP contribution in [0.5, 0.6) is 0 Å². The van der Waals surface area contributed by atoms with Gasteiger partial charge in [-0.1, -0.05) is 19.3 Å². The number of ether oxygens (including phenoxy) is 3. The van der Waals surface area contributed by atoms with Crippen molar-refractivity contribution in [2.45, 2.75) is 57.5 Å². The normalized spacial score (nSPS) is 19.8. The first-order valence-electron chi connectivity index (χ1n) is 6.68. The molecule has 1 saturated carbocycles. The third kappa shape index (κ3) is 5.82. The number of methoxy groups -OCH3 is 2. The molecule has 4 heteroatoms. The van der Waals surface area contributed by atoms with E-state index in [0.29, 0.717) is 6.10 Å². The molecule has 0 aromatic heterocycles. The maximum absolute atomic E-state index is 5.84. The maximum atomic E-state index is 5.84. The van der Waals surface area contributed by atoms with Crippen molar-refractivity contribution in [3.05, 3.63) is 0 Å². The quantitative estimate of drug-likeness (QED) is 0.524. The van der Waals surface area contributed by atoms with Crippen molar-refractivity contribution in [3.63, 3.8) is 0 Å². The van der Waals surface area contributed by atoms with Crippen LogP contribution in [0.1, 0.15) is 39.0 Å². The van der Waals surface area contributed by atoms with Crippen LogP contribution < -0.4 is 5.32 Å². The summed E-state index contributed by atoms with van der Waals surface area (Å²) in [7, 11) is 3.32. The molecule has 1 fully saturated rings. The standard InChI is InChI=1S/C13H27NO3/c1-11(13(15-2)16-3)14-9-10-17-12-7-5-4-6-8-12/h11-14H,4-10H2,1-3H3. The molecule has 17 heavy (non-hydrogen) atoms. The van der Waals surface area contributed by atoms with E-state index >= 15 is 0 Å². The monoisotopic (exact) mass is 245 g/mol. The Morgan fingerprint density at radius 3 is 2.35 bits per heavy atom. The average molecular weight is 245 g/mol. The second-order valence-corrected chi connectivity index (χ2v) is 4.71. The van der Waals surface area contributed by atoms with E-state index in [1.807, 2.05) is 0 Å². The fourth-order valence-corrected chi connectivity index (χ4v) is 2.34. The van der Waals surface area contributed by atoms with Crippen LogP contribution in [0.3, 0.4) is 0 Å². The van der Waals surface area contributed by atoms with Gasteiger partial charge in [0, 0.05) is 20.8 Å². The van der Waals surface area contributed by atoms with Gasteiger partial charge in [0.05, 0.1) is 18.8 Å². The van der Waals surface area contributed by atoms with E-state index in [4.69, 9.17) is 14.2 Å². The highest BCUT2D eigenvalue weighted by Crippen LogP contribution is 2.19. The molecular formula is C13H27NO3. The lowest BCUT2D eigenvalue weighted by Crippen LogP contribution is -2.41. The summed E-state index contributed by atoms with van der Waals surface area (Å²) in [6, 6.07) is 0.181. The summed E-state index contributed by atoms with van der Waals surface area (Å²) < 4.78 is 16.2. The number of hydrogen-bond donors (Lipinski definition) is 1. The summed E-state index contributed by atoms with van der Waals surface area (Å²) >= 11 is 0. The van der Waals surface area contributed by atoms with Crippen LogP contribution in [0.25, 0.3) is 0 Å². The van der Waals surface area contributed by atoms with Gasteiger partial charge in [-0.3, -0.25) is 0 Å². The second-order valence-electron chi connectivity index (χ2n) is 4.71. The summed E-state index contributed by atoms with van der Waals surface area (Å²) in [5, 5.41) is 3.35. The van der Waals surface area contributed by atoms with Gasteiger partial charge in [0.25, 0.3) is 0 Å². The molecule has 1 atom stereocenters. The van der Waals surface area contributed by atoms with Crippen LogP contribution in [0.2, 0.25) is 0 Å². The first-order chi connectivity index (χ1) is 8.27. The van der Waals surface area contributed by atoms with Gasteiger partial charge in [0.2, 0.25) is 0 Å². The molecule has 102 valence electrons. The lowest BCUT2D eigenvalue weighted by molar-refractivity contribution is -0.120. The molecule has 1 N–H and O–H groups in total. The summed E-state index contributed by atoms with van der Waals surface area (Å²) in [5.41, 5.74) is 0. The number of hydrogen-bond acceptors (Lipinski definition) is 4. The zero-order valence-corrected chi connectivity index (χ0v) is 11.4. The molecule has 0 aromatic carbocycles. The molecule has 1 unspecified atom stereocenters. The van der Waals surface area contributed by atoms with Crippen molar-refractivity contribution < 1.29 is 14.2 Å². The Labute approximate surface area is 105 Å². The van der Waals surface area contributed by atoms with E-state index in [-0.39, 0.29) is 12.3 Å². The van der Waals surface area contributed by atoms with Crippen LogP contribution in [0.4, 0.5) is 0 Å². The molecule has 0 bridgehead atoms.